The predicted molar refractivity (Wildman–Crippen MR) is 312 cm³/mol. The van der Waals surface area contributed by atoms with Crippen molar-refractivity contribution in [3.8, 4) is 0 Å². The topological polar surface area (TPSA) is 200 Å². The van der Waals surface area contributed by atoms with Gasteiger partial charge in [-0.25, -0.2) is 19.2 Å². The minimum Gasteiger partial charge on any atom is -0.444 e. The molecule has 3 unspecified atom stereocenters. The zero-order valence-corrected chi connectivity index (χ0v) is 51.8. The summed E-state index contributed by atoms with van der Waals surface area (Å²) in [7, 11) is 0. The van der Waals surface area contributed by atoms with Crippen LogP contribution in [0.2, 0.25) is 0 Å². The largest absolute Gasteiger partial charge is 0.444 e. The van der Waals surface area contributed by atoms with Gasteiger partial charge < -0.3 is 35.3 Å². The summed E-state index contributed by atoms with van der Waals surface area (Å²) in [6.45, 7) is 27.9. The Hall–Kier alpha value is -3.49. The van der Waals surface area contributed by atoms with Crippen LogP contribution in [0.15, 0.2) is 0 Å². The maximum absolute atomic E-state index is 14.4. The molecule has 76 heavy (non-hydrogen) atoms. The molecule has 0 spiro atoms. The summed E-state index contributed by atoms with van der Waals surface area (Å²) in [5.74, 6) is -0.544. The van der Waals surface area contributed by atoms with Crippen LogP contribution < -0.4 is 27.0 Å². The highest BCUT2D eigenvalue weighted by atomic mass is 16.6. The molecule has 0 rings (SSSR count). The molecule has 0 aliphatic heterocycles. The van der Waals surface area contributed by atoms with Crippen LogP contribution in [0.1, 0.15) is 303 Å². The van der Waals surface area contributed by atoms with E-state index in [1.807, 2.05) is 13.8 Å². The van der Waals surface area contributed by atoms with E-state index in [1.54, 1.807) is 83.1 Å². The Bertz CT molecular complexity index is 1520. The lowest BCUT2D eigenvalue weighted by Gasteiger charge is -2.45. The van der Waals surface area contributed by atoms with Gasteiger partial charge in [0, 0.05) is 31.5 Å². The van der Waals surface area contributed by atoms with Crippen molar-refractivity contribution < 1.29 is 42.9 Å². The molecule has 0 fully saturated rings. The van der Waals surface area contributed by atoms with Gasteiger partial charge in [0.1, 0.15) is 34.2 Å². The molecule has 0 aliphatic carbocycles. The Morgan fingerprint density at radius 3 is 1.24 bits per heavy atom. The second kappa shape index (κ2) is 39.8. The molecule has 0 radical (unpaired) electrons. The highest BCUT2D eigenvalue weighted by Crippen LogP contribution is 2.32. The molecule has 3 atom stereocenters. The van der Waals surface area contributed by atoms with Crippen molar-refractivity contribution in [2.75, 3.05) is 13.1 Å². The maximum atomic E-state index is 14.4. The van der Waals surface area contributed by atoms with Gasteiger partial charge in [-0.3, -0.25) is 20.3 Å². The second-order valence-electron chi connectivity index (χ2n) is 25.9. The van der Waals surface area contributed by atoms with Crippen LogP contribution in [-0.4, -0.2) is 88.5 Å². The summed E-state index contributed by atoms with van der Waals surface area (Å²) in [5.41, 5.74) is 0.985. The van der Waals surface area contributed by atoms with E-state index < -0.39 is 64.5 Å². The van der Waals surface area contributed by atoms with Gasteiger partial charge in [-0.1, -0.05) is 162 Å². The number of carbonyl (C=O) groups excluding carboxylic acids is 5. The number of carbonyl (C=O) groups is 5. The lowest BCUT2D eigenvalue weighted by Crippen LogP contribution is -2.68. The smallest absolute Gasteiger partial charge is 0.411 e. The molecule has 0 aromatic carbocycles. The molecule has 0 saturated heterocycles. The van der Waals surface area contributed by atoms with E-state index >= 15 is 0 Å². The molecule has 15 heteroatoms. The molecule has 0 saturated carbocycles. The lowest BCUT2D eigenvalue weighted by atomic mass is 9.82. The van der Waals surface area contributed by atoms with Crippen LogP contribution in [0.5, 0.6) is 0 Å². The average molecular weight is 1080 g/mol. The van der Waals surface area contributed by atoms with Crippen molar-refractivity contribution in [1.29, 1.82) is 0 Å². The number of ether oxygens (including phenoxy) is 4. The summed E-state index contributed by atoms with van der Waals surface area (Å²) in [5, 5.41) is 12.2. The first-order chi connectivity index (χ1) is 35.5. The van der Waals surface area contributed by atoms with Gasteiger partial charge in [0.25, 0.3) is 0 Å². The highest BCUT2D eigenvalue weighted by molar-refractivity contribution is 5.76. The molecular formula is C61H120N6O9. The lowest BCUT2D eigenvalue weighted by molar-refractivity contribution is -0.121. The van der Waals surface area contributed by atoms with Gasteiger partial charge in [0.15, 0.2) is 0 Å². The van der Waals surface area contributed by atoms with E-state index in [2.05, 4.69) is 28.2 Å². The number of hydrogen-bond acceptors (Lipinski definition) is 10. The summed E-state index contributed by atoms with van der Waals surface area (Å²) < 4.78 is 23.3. The first-order valence-electron chi connectivity index (χ1n) is 30.5. The third-order valence-corrected chi connectivity index (χ3v) is 13.1. The number of rotatable bonds is 41. The summed E-state index contributed by atoms with van der Waals surface area (Å²) in [6, 6.07) is 0.349. The Morgan fingerprint density at radius 2 is 0.842 bits per heavy atom. The predicted octanol–water partition coefficient (Wildman–Crippen LogP) is 16.0. The number of unbranched alkanes of at least 4 members (excludes halogenated alkanes) is 22. The molecule has 5 amide bonds. The zero-order chi connectivity index (χ0) is 57.7. The number of nitrogens with two attached hydrogens (primary N) is 1. The summed E-state index contributed by atoms with van der Waals surface area (Å²) in [4.78, 5) is 69.9. The summed E-state index contributed by atoms with van der Waals surface area (Å²) in [6.07, 6.45) is 28.9. The first kappa shape index (κ1) is 72.5. The number of nitrogens with one attached hydrogen (secondary N) is 4. The van der Waals surface area contributed by atoms with Crippen LogP contribution in [-0.2, 0) is 23.7 Å². The molecule has 0 heterocycles. The second-order valence-corrected chi connectivity index (χ2v) is 25.9. The van der Waals surface area contributed by atoms with E-state index in [4.69, 9.17) is 24.7 Å². The van der Waals surface area contributed by atoms with Crippen molar-refractivity contribution in [3.63, 3.8) is 0 Å². The first-order valence-corrected chi connectivity index (χ1v) is 30.5. The van der Waals surface area contributed by atoms with E-state index in [0.29, 0.717) is 51.1 Å². The monoisotopic (exact) mass is 1080 g/mol. The Kier molecular flexibility index (Phi) is 38.0. The number of hydrogen-bond donors (Lipinski definition) is 5. The van der Waals surface area contributed by atoms with Crippen molar-refractivity contribution >= 4 is 30.3 Å². The number of alkyl carbamates (subject to hydrolysis) is 3. The highest BCUT2D eigenvalue weighted by Gasteiger charge is 2.46. The number of nitrogens with zero attached hydrogens (tertiary/aromatic N) is 1. The van der Waals surface area contributed by atoms with Crippen molar-refractivity contribution in [2.45, 2.75) is 343 Å². The molecule has 448 valence electrons. The zero-order valence-electron chi connectivity index (χ0n) is 51.8. The van der Waals surface area contributed by atoms with Gasteiger partial charge in [0.05, 0.1) is 0 Å². The molecular weight excluding hydrogens is 961 g/mol. The molecule has 0 aromatic rings. The van der Waals surface area contributed by atoms with Crippen LogP contribution in [0.4, 0.5) is 19.2 Å². The quantitative estimate of drug-likeness (QED) is 0.0223. The average Bonchev–Trinajstić information content (AvgIpc) is 3.26. The van der Waals surface area contributed by atoms with Crippen LogP contribution in [0, 0.1) is 5.92 Å². The van der Waals surface area contributed by atoms with E-state index in [-0.39, 0.29) is 18.9 Å². The van der Waals surface area contributed by atoms with Crippen molar-refractivity contribution in [2.24, 2.45) is 11.7 Å². The van der Waals surface area contributed by atoms with Gasteiger partial charge in [-0.05, 0) is 135 Å². The molecule has 0 aromatic heterocycles. The third-order valence-electron chi connectivity index (χ3n) is 13.1. The van der Waals surface area contributed by atoms with Gasteiger partial charge in [-0.15, -0.1) is 0 Å². The Morgan fingerprint density at radius 1 is 0.461 bits per heavy atom. The molecule has 15 nitrogen and oxygen atoms in total. The van der Waals surface area contributed by atoms with Gasteiger partial charge in [-0.2, -0.15) is 0 Å². The van der Waals surface area contributed by atoms with Gasteiger partial charge >= 0.3 is 24.4 Å². The maximum Gasteiger partial charge on any atom is 0.411 e. The van der Waals surface area contributed by atoms with E-state index in [0.717, 1.165) is 44.9 Å². The fourth-order valence-corrected chi connectivity index (χ4v) is 9.34. The molecule has 0 bridgehead atoms. The Balaban J connectivity index is 5.62. The molecule has 0 aliphatic rings. The van der Waals surface area contributed by atoms with E-state index in [9.17, 15) is 24.0 Å². The van der Waals surface area contributed by atoms with Crippen LogP contribution in [0.25, 0.3) is 0 Å². The van der Waals surface area contributed by atoms with Crippen molar-refractivity contribution in [3.05, 3.63) is 0 Å². The third kappa shape index (κ3) is 41.6. The molecule has 6 N–H and O–H groups in total. The number of amides is 5. The minimum absolute atomic E-state index is 0.0296. The van der Waals surface area contributed by atoms with Crippen molar-refractivity contribution in [1.82, 2.24) is 26.2 Å². The fraction of sp³-hybridized carbons (Fsp3) is 0.918. The van der Waals surface area contributed by atoms with Crippen LogP contribution >= 0.6 is 0 Å². The van der Waals surface area contributed by atoms with Gasteiger partial charge in [0.2, 0.25) is 5.91 Å². The summed E-state index contributed by atoms with van der Waals surface area (Å²) >= 11 is 0. The fourth-order valence-electron chi connectivity index (χ4n) is 9.34. The standard InChI is InChI=1S/C61H120N6O9/c1-16-18-46-61(65-54(70)74-58(7,8)9,66-55(71)75-59(10,11)12)50(48-67(56(72)76-60(13,14)15)51(42-17-2)64-53(69)73-57(4,5)6)44-39-36-37-41-47-63-52(68)45-40-35-33-31-29-27-25-23-21-19-20-22-24-26-28-30-32-34-38-43-49(3)62/h49-51H,16-48,62H2,1-15H3,(H,63,68)(H,64,69)(H,65,70)(H,66,71). The minimum atomic E-state index is -1.47. The Labute approximate surface area is 465 Å². The normalized spacial score (nSPS) is 13.5. The van der Waals surface area contributed by atoms with Crippen LogP contribution in [0.3, 0.4) is 0 Å². The SMILES string of the molecule is CCCCC(NC(=O)OC(C)(C)C)(NC(=O)OC(C)(C)C)C(CCCCCCNC(=O)CCCCCCCCCCCCCCCCCCCCCC(C)N)CN(C(=O)OC(C)(C)C)C(CCC)NC(=O)OC(C)(C)C. The van der Waals surface area contributed by atoms with E-state index in [1.165, 1.54) is 114 Å².